The third-order valence-electron chi connectivity index (χ3n) is 4.56. The summed E-state index contributed by atoms with van der Waals surface area (Å²) in [5, 5.41) is 0. The first-order valence-electron chi connectivity index (χ1n) is 8.32. The van der Waals surface area contributed by atoms with Crippen LogP contribution in [0.2, 0.25) is 0 Å². The quantitative estimate of drug-likeness (QED) is 0.431. The van der Waals surface area contributed by atoms with E-state index in [0.29, 0.717) is 0 Å². The van der Waals surface area contributed by atoms with E-state index in [1.165, 1.54) is 0 Å². The Labute approximate surface area is 145 Å². The van der Waals surface area contributed by atoms with E-state index in [0.717, 1.165) is 50.5 Å². The fourth-order valence-electron chi connectivity index (χ4n) is 3.34. The smallest absolute Gasteiger partial charge is 0.116 e. The Morgan fingerprint density at radius 3 is 2.28 bits per heavy atom. The first-order valence-corrected chi connectivity index (χ1v) is 8.32. The predicted octanol–water partition coefficient (Wildman–Crippen LogP) is 5.09. The van der Waals surface area contributed by atoms with Crippen molar-refractivity contribution in [3.05, 3.63) is 89.6 Å². The Morgan fingerprint density at radius 1 is 0.680 bits per heavy atom. The van der Waals surface area contributed by atoms with Gasteiger partial charge in [0.05, 0.1) is 28.1 Å². The molecule has 4 aromatic rings. The highest BCUT2D eigenvalue weighted by atomic mass is 14.9. The second kappa shape index (κ2) is 5.35. The minimum absolute atomic E-state index is 0.864. The zero-order chi connectivity index (χ0) is 16.8. The molecule has 5 rings (SSSR count). The fraction of sp³-hybridized carbons (Fsp3) is 0.0455. The molecule has 1 aliphatic rings. The van der Waals surface area contributed by atoms with Crippen molar-refractivity contribution in [2.24, 2.45) is 4.99 Å². The highest BCUT2D eigenvalue weighted by Gasteiger charge is 2.28. The van der Waals surface area contributed by atoms with Crippen molar-refractivity contribution in [2.45, 2.75) is 6.92 Å². The van der Waals surface area contributed by atoms with Gasteiger partial charge in [-0.3, -0.25) is 0 Å². The number of fused-ring (bicyclic) bond motifs is 4. The zero-order valence-electron chi connectivity index (χ0n) is 13.8. The van der Waals surface area contributed by atoms with Gasteiger partial charge in [-0.15, -0.1) is 0 Å². The summed E-state index contributed by atoms with van der Waals surface area (Å²) in [6.45, 7) is 2.07. The summed E-state index contributed by atoms with van der Waals surface area (Å²) in [7, 11) is 0. The molecule has 118 valence electrons. The molecule has 0 unspecified atom stereocenters. The van der Waals surface area contributed by atoms with Crippen molar-refractivity contribution in [1.29, 1.82) is 0 Å². The average molecular weight is 321 g/mol. The van der Waals surface area contributed by atoms with Gasteiger partial charge in [-0.1, -0.05) is 54.6 Å². The van der Waals surface area contributed by atoms with Gasteiger partial charge >= 0.3 is 0 Å². The van der Waals surface area contributed by atoms with Crippen LogP contribution in [0.1, 0.15) is 16.8 Å². The Kier molecular flexibility index (Phi) is 3.01. The molecule has 0 bridgehead atoms. The van der Waals surface area contributed by atoms with Gasteiger partial charge in [-0.2, -0.15) is 0 Å². The number of hydrogen-bond donors (Lipinski definition) is 0. The number of hydrogen-bond acceptors (Lipinski definition) is 3. The summed E-state index contributed by atoms with van der Waals surface area (Å²) in [6, 6.07) is 24.4. The van der Waals surface area contributed by atoms with Crippen molar-refractivity contribution in [3.63, 3.8) is 0 Å². The number of benzene rings is 3. The lowest BCUT2D eigenvalue weighted by atomic mass is 10.1. The van der Waals surface area contributed by atoms with E-state index in [1.807, 2.05) is 54.6 Å². The molecule has 1 aromatic heterocycles. The topological polar surface area (TPSA) is 38.1 Å². The van der Waals surface area contributed by atoms with Gasteiger partial charge in [-0.05, 0) is 30.7 Å². The van der Waals surface area contributed by atoms with Gasteiger partial charge in [0.1, 0.15) is 5.69 Å². The van der Waals surface area contributed by atoms with Crippen LogP contribution < -0.4 is 0 Å². The molecule has 0 atom stereocenters. The van der Waals surface area contributed by atoms with Crippen molar-refractivity contribution in [2.75, 3.05) is 0 Å². The molecule has 3 nitrogen and oxygen atoms in total. The number of aromatic nitrogens is 2. The number of para-hydroxylation sites is 2. The maximum absolute atomic E-state index is 4.95. The second-order valence-corrected chi connectivity index (χ2v) is 6.21. The molecule has 0 N–H and O–H groups in total. The zero-order valence-corrected chi connectivity index (χ0v) is 13.8. The first-order chi connectivity index (χ1) is 12.3. The number of rotatable bonds is 1. The van der Waals surface area contributed by atoms with Crippen LogP contribution >= 0.6 is 0 Å². The number of nitrogens with zero attached hydrogens (tertiary/aromatic N) is 3. The fourth-order valence-corrected chi connectivity index (χ4v) is 3.34. The van der Waals surface area contributed by atoms with Gasteiger partial charge in [0.2, 0.25) is 0 Å². The van der Waals surface area contributed by atoms with Gasteiger partial charge in [0.15, 0.2) is 0 Å². The molecule has 0 aliphatic heterocycles. The van der Waals surface area contributed by atoms with Crippen LogP contribution in [-0.4, -0.2) is 15.7 Å². The van der Waals surface area contributed by atoms with Crippen LogP contribution in [0, 0.1) is 6.92 Å². The highest BCUT2D eigenvalue weighted by Crippen LogP contribution is 2.37. The van der Waals surface area contributed by atoms with Crippen LogP contribution in [0.3, 0.4) is 0 Å². The minimum atomic E-state index is 0.864. The molecule has 25 heavy (non-hydrogen) atoms. The molecule has 3 heteroatoms. The molecular weight excluding hydrogens is 306 g/mol. The van der Waals surface area contributed by atoms with Gasteiger partial charge in [-0.25, -0.2) is 15.0 Å². The van der Waals surface area contributed by atoms with E-state index < -0.39 is 0 Å². The lowest BCUT2D eigenvalue weighted by Gasteiger charge is -2.05. The summed E-state index contributed by atoms with van der Waals surface area (Å²) in [5.74, 6) is 0. The Morgan fingerprint density at radius 2 is 1.44 bits per heavy atom. The van der Waals surface area contributed by atoms with Gasteiger partial charge in [0.25, 0.3) is 0 Å². The van der Waals surface area contributed by atoms with E-state index >= 15 is 0 Å². The Balaban J connectivity index is 1.84. The van der Waals surface area contributed by atoms with E-state index in [2.05, 4.69) is 25.1 Å². The largest absolute Gasteiger partial charge is 0.246 e. The monoisotopic (exact) mass is 321 g/mol. The van der Waals surface area contributed by atoms with Crippen molar-refractivity contribution >= 4 is 22.4 Å². The van der Waals surface area contributed by atoms with Crippen molar-refractivity contribution in [3.8, 4) is 11.3 Å². The normalized spacial score (nSPS) is 13.9. The summed E-state index contributed by atoms with van der Waals surface area (Å²) in [6.07, 6.45) is 0. The van der Waals surface area contributed by atoms with E-state index in [1.54, 1.807) is 0 Å². The highest BCUT2D eigenvalue weighted by molar-refractivity contribution is 6.24. The number of aliphatic imine (C=N–C) groups is 1. The van der Waals surface area contributed by atoms with Gasteiger partial charge < -0.3 is 0 Å². The van der Waals surface area contributed by atoms with Crippen LogP contribution in [-0.2, 0) is 0 Å². The minimum Gasteiger partial charge on any atom is -0.246 e. The molecule has 3 aromatic carbocycles. The molecule has 0 fully saturated rings. The Bertz CT molecular complexity index is 1140. The lowest BCUT2D eigenvalue weighted by molar-refractivity contribution is 1.26. The molecule has 0 spiro atoms. The van der Waals surface area contributed by atoms with E-state index in [-0.39, 0.29) is 0 Å². The SMILES string of the molecule is Cc1cccc2nc3c(nc12)-c1ccccc1C3=Nc1ccccc1. The van der Waals surface area contributed by atoms with Gasteiger partial charge in [0, 0.05) is 11.1 Å². The average Bonchev–Trinajstić information content (AvgIpc) is 2.95. The molecular formula is C22H15N3. The third-order valence-corrected chi connectivity index (χ3v) is 4.56. The van der Waals surface area contributed by atoms with Crippen LogP contribution in [0.25, 0.3) is 22.3 Å². The van der Waals surface area contributed by atoms with Crippen molar-refractivity contribution in [1.82, 2.24) is 9.97 Å². The molecule has 1 heterocycles. The first kappa shape index (κ1) is 14.1. The van der Waals surface area contributed by atoms with Crippen molar-refractivity contribution < 1.29 is 0 Å². The maximum Gasteiger partial charge on any atom is 0.116 e. The lowest BCUT2D eigenvalue weighted by Crippen LogP contribution is -2.02. The molecule has 0 radical (unpaired) electrons. The number of aryl methyl sites for hydroxylation is 1. The summed E-state index contributed by atoms with van der Waals surface area (Å²) in [4.78, 5) is 14.7. The summed E-state index contributed by atoms with van der Waals surface area (Å²) in [5.41, 5.74) is 8.80. The maximum atomic E-state index is 4.95. The standard InChI is InChI=1S/C22H15N3/c1-14-8-7-13-18-19(14)25-21-17-12-6-5-11-16(17)20(22(21)24-18)23-15-9-3-2-4-10-15/h2-13H,1H3. The molecule has 0 saturated heterocycles. The van der Waals surface area contributed by atoms with Crippen LogP contribution in [0.15, 0.2) is 77.8 Å². The molecule has 1 aliphatic carbocycles. The molecule has 0 saturated carbocycles. The summed E-state index contributed by atoms with van der Waals surface area (Å²) >= 11 is 0. The molecule has 0 amide bonds. The Hall–Kier alpha value is -3.33. The van der Waals surface area contributed by atoms with E-state index in [4.69, 9.17) is 15.0 Å². The third kappa shape index (κ3) is 2.17. The van der Waals surface area contributed by atoms with Crippen LogP contribution in [0.4, 0.5) is 5.69 Å². The predicted molar refractivity (Wildman–Crippen MR) is 101 cm³/mol. The van der Waals surface area contributed by atoms with Crippen LogP contribution in [0.5, 0.6) is 0 Å². The van der Waals surface area contributed by atoms with E-state index in [9.17, 15) is 0 Å². The second-order valence-electron chi connectivity index (χ2n) is 6.21. The summed E-state index contributed by atoms with van der Waals surface area (Å²) < 4.78 is 0.